The Balaban J connectivity index is 0.00000109. The number of hydrogen-bond donors (Lipinski definition) is 0. The first-order valence-electron chi connectivity index (χ1n) is 9.33. The van der Waals surface area contributed by atoms with Crippen LogP contribution in [0.4, 0.5) is 4.39 Å². The molecule has 3 aromatic rings. The van der Waals surface area contributed by atoms with E-state index in [1.54, 1.807) is 25.4 Å². The minimum atomic E-state index is -0.280. The van der Waals surface area contributed by atoms with Gasteiger partial charge in [0, 0.05) is 28.7 Å². The zero-order valence-corrected chi connectivity index (χ0v) is 17.8. The number of hydrogen-bond acceptors (Lipinski definition) is 3. The van der Waals surface area contributed by atoms with Gasteiger partial charge in [0.1, 0.15) is 5.82 Å². The van der Waals surface area contributed by atoms with Gasteiger partial charge in [-0.15, -0.1) is 0 Å². The van der Waals surface area contributed by atoms with Crippen LogP contribution >= 0.6 is 15.9 Å². The van der Waals surface area contributed by atoms with E-state index >= 15 is 0 Å². The Morgan fingerprint density at radius 2 is 1.82 bits per heavy atom. The highest BCUT2D eigenvalue weighted by Gasteiger charge is 2.23. The van der Waals surface area contributed by atoms with Crippen molar-refractivity contribution >= 4 is 15.9 Å². The van der Waals surface area contributed by atoms with Crippen LogP contribution < -0.4 is 4.74 Å². The minimum Gasteiger partial charge on any atom is -0.481 e. The first kappa shape index (κ1) is 20.5. The molecule has 2 aromatic carbocycles. The zero-order chi connectivity index (χ0) is 20.1. The van der Waals surface area contributed by atoms with E-state index < -0.39 is 0 Å². The van der Waals surface area contributed by atoms with E-state index in [2.05, 4.69) is 27.0 Å². The second-order valence-electron chi connectivity index (χ2n) is 6.24. The van der Waals surface area contributed by atoms with E-state index in [4.69, 9.17) is 9.47 Å². The molecule has 5 heteroatoms. The van der Waals surface area contributed by atoms with Crippen LogP contribution in [0.25, 0.3) is 11.1 Å². The molecule has 4 rings (SSSR count). The second kappa shape index (κ2) is 9.30. The normalized spacial score (nSPS) is 15.2. The first-order valence-corrected chi connectivity index (χ1v) is 10.1. The van der Waals surface area contributed by atoms with Crippen molar-refractivity contribution in [2.75, 3.05) is 7.11 Å². The minimum absolute atomic E-state index is 0.262. The van der Waals surface area contributed by atoms with Crippen molar-refractivity contribution in [2.24, 2.45) is 0 Å². The fourth-order valence-corrected chi connectivity index (χ4v) is 3.65. The van der Waals surface area contributed by atoms with Gasteiger partial charge in [0.2, 0.25) is 5.88 Å². The van der Waals surface area contributed by atoms with Crippen LogP contribution in [0.15, 0.2) is 59.2 Å². The van der Waals surface area contributed by atoms with Gasteiger partial charge in [-0.1, -0.05) is 48.0 Å². The van der Waals surface area contributed by atoms with E-state index in [1.165, 1.54) is 5.56 Å². The molecule has 1 aromatic heterocycles. The molecule has 0 spiro atoms. The molecule has 0 N–H and O–H groups in total. The van der Waals surface area contributed by atoms with Gasteiger partial charge in [-0.25, -0.2) is 9.37 Å². The molecule has 2 heterocycles. The first-order chi connectivity index (χ1) is 13.6. The monoisotopic (exact) mass is 443 g/mol. The number of ether oxygens (including phenoxy) is 2. The smallest absolute Gasteiger partial charge is 0.213 e. The highest BCUT2D eigenvalue weighted by molar-refractivity contribution is 9.10. The molecule has 1 aliphatic heterocycles. The number of nitrogens with zero attached hydrogens (tertiary/aromatic N) is 1. The summed E-state index contributed by atoms with van der Waals surface area (Å²) in [5.41, 5.74) is 4.58. The number of fused-ring (bicyclic) bond motifs is 1. The van der Waals surface area contributed by atoms with E-state index in [-0.39, 0.29) is 11.9 Å². The van der Waals surface area contributed by atoms with Crippen LogP contribution in [0.3, 0.4) is 0 Å². The summed E-state index contributed by atoms with van der Waals surface area (Å²) < 4.78 is 26.9. The Labute approximate surface area is 173 Å². The Bertz CT molecular complexity index is 961. The maximum absolute atomic E-state index is 14.8. The molecule has 0 radical (unpaired) electrons. The van der Waals surface area contributed by atoms with Gasteiger partial charge in [0.15, 0.2) is 0 Å². The van der Waals surface area contributed by atoms with Crippen molar-refractivity contribution in [1.82, 2.24) is 4.98 Å². The summed E-state index contributed by atoms with van der Waals surface area (Å²) in [5, 5.41) is 0. The van der Waals surface area contributed by atoms with Crippen molar-refractivity contribution in [2.45, 2.75) is 33.0 Å². The van der Waals surface area contributed by atoms with E-state index in [1.807, 2.05) is 44.2 Å². The highest BCUT2D eigenvalue weighted by Crippen LogP contribution is 2.34. The number of benzene rings is 2. The third-order valence-corrected chi connectivity index (χ3v) is 5.13. The fraction of sp³-hybridized carbons (Fsp3) is 0.261. The second-order valence-corrected chi connectivity index (χ2v) is 7.16. The van der Waals surface area contributed by atoms with Crippen LogP contribution in [0, 0.1) is 5.82 Å². The predicted octanol–water partition coefficient (Wildman–Crippen LogP) is 6.50. The lowest BCUT2D eigenvalue weighted by Crippen LogP contribution is -2.16. The standard InChI is InChI=1S/C21H17BrFNO2.C2H6/c1-25-21-11-14(6-7-24-21)13-3-5-18(19(23)9-13)20-10-16-8-17(22)4-2-15(16)12-26-20;1-2/h2-9,11,20H,10,12H2,1H3;1-2H3. The lowest BCUT2D eigenvalue weighted by molar-refractivity contribution is 0.0252. The Hall–Kier alpha value is -2.24. The van der Waals surface area contributed by atoms with Gasteiger partial charge in [0.05, 0.1) is 19.8 Å². The Morgan fingerprint density at radius 3 is 2.57 bits per heavy atom. The molecular weight excluding hydrogens is 421 g/mol. The van der Waals surface area contributed by atoms with Gasteiger partial charge >= 0.3 is 0 Å². The fourth-order valence-electron chi connectivity index (χ4n) is 3.24. The van der Waals surface area contributed by atoms with Crippen molar-refractivity contribution < 1.29 is 13.9 Å². The molecule has 0 fully saturated rings. The summed E-state index contributed by atoms with van der Waals surface area (Å²) >= 11 is 3.50. The lowest BCUT2D eigenvalue weighted by Gasteiger charge is -2.26. The molecule has 0 amide bonds. The summed E-state index contributed by atoms with van der Waals surface area (Å²) in [6.07, 6.45) is 2.03. The number of methoxy groups -OCH3 is 1. The molecule has 0 bridgehead atoms. The van der Waals surface area contributed by atoms with Crippen molar-refractivity contribution in [3.8, 4) is 17.0 Å². The quantitative estimate of drug-likeness (QED) is 0.462. The van der Waals surface area contributed by atoms with Gasteiger partial charge < -0.3 is 9.47 Å². The van der Waals surface area contributed by atoms with Crippen LogP contribution in [0.2, 0.25) is 0 Å². The molecule has 1 unspecified atom stereocenters. The maximum atomic E-state index is 14.8. The largest absolute Gasteiger partial charge is 0.481 e. The SMILES string of the molecule is CC.COc1cc(-c2ccc(C3Cc4cc(Br)ccc4CO3)c(F)c2)ccn1. The van der Waals surface area contributed by atoms with Gasteiger partial charge in [-0.3, -0.25) is 0 Å². The average molecular weight is 444 g/mol. The number of pyridine rings is 1. The van der Waals surface area contributed by atoms with Crippen molar-refractivity contribution in [3.05, 3.63) is 81.7 Å². The van der Waals surface area contributed by atoms with Crippen LogP contribution in [-0.2, 0) is 17.8 Å². The van der Waals surface area contributed by atoms with Gasteiger partial charge in [0.25, 0.3) is 0 Å². The molecule has 0 aliphatic carbocycles. The summed E-state index contributed by atoms with van der Waals surface area (Å²) in [5.74, 6) is 0.242. The topological polar surface area (TPSA) is 31.4 Å². The van der Waals surface area contributed by atoms with E-state index in [0.717, 1.165) is 21.2 Å². The van der Waals surface area contributed by atoms with Gasteiger partial charge in [-0.2, -0.15) is 0 Å². The van der Waals surface area contributed by atoms with Crippen molar-refractivity contribution in [1.29, 1.82) is 0 Å². The summed E-state index contributed by atoms with van der Waals surface area (Å²) in [6, 6.07) is 15.0. The maximum Gasteiger partial charge on any atom is 0.213 e. The van der Waals surface area contributed by atoms with E-state index in [9.17, 15) is 4.39 Å². The van der Waals surface area contributed by atoms with Gasteiger partial charge in [-0.05, 0) is 46.5 Å². The molecular formula is C23H23BrFNO2. The molecule has 146 valence electrons. The number of halogens is 2. The highest BCUT2D eigenvalue weighted by atomic mass is 79.9. The number of aromatic nitrogens is 1. The Kier molecular flexibility index (Phi) is 6.81. The molecule has 0 saturated carbocycles. The zero-order valence-electron chi connectivity index (χ0n) is 16.2. The van der Waals surface area contributed by atoms with Crippen LogP contribution in [0.5, 0.6) is 5.88 Å². The molecule has 3 nitrogen and oxygen atoms in total. The summed E-state index contributed by atoms with van der Waals surface area (Å²) in [7, 11) is 1.56. The lowest BCUT2D eigenvalue weighted by atomic mass is 9.93. The predicted molar refractivity (Wildman–Crippen MR) is 113 cm³/mol. The molecule has 0 saturated heterocycles. The van der Waals surface area contributed by atoms with E-state index in [0.29, 0.717) is 24.5 Å². The Morgan fingerprint density at radius 1 is 1.04 bits per heavy atom. The molecule has 1 aliphatic rings. The van der Waals surface area contributed by atoms with Crippen LogP contribution in [0.1, 0.15) is 36.6 Å². The summed E-state index contributed by atoms with van der Waals surface area (Å²) in [6.45, 7) is 4.50. The number of rotatable bonds is 3. The molecule has 28 heavy (non-hydrogen) atoms. The molecule has 1 atom stereocenters. The third kappa shape index (κ3) is 4.42. The van der Waals surface area contributed by atoms with Crippen molar-refractivity contribution in [3.63, 3.8) is 0 Å². The van der Waals surface area contributed by atoms with Crippen LogP contribution in [-0.4, -0.2) is 12.1 Å². The summed E-state index contributed by atoms with van der Waals surface area (Å²) in [4.78, 5) is 4.09. The third-order valence-electron chi connectivity index (χ3n) is 4.64. The average Bonchev–Trinajstić information content (AvgIpc) is 2.74.